The molecule has 2 aromatic carbocycles. The summed E-state index contributed by atoms with van der Waals surface area (Å²) < 4.78 is 15.1. The first-order valence-electron chi connectivity index (χ1n) is 6.13. The van der Waals surface area contributed by atoms with E-state index in [0.29, 0.717) is 0 Å². The van der Waals surface area contributed by atoms with Crippen molar-refractivity contribution in [3.05, 3.63) is 70.6 Å². The second-order valence-electron chi connectivity index (χ2n) is 4.70. The van der Waals surface area contributed by atoms with Crippen LogP contribution < -0.4 is 0 Å². The molecule has 1 heterocycles. The topological polar surface area (TPSA) is 4.93 Å². The lowest BCUT2D eigenvalue weighted by atomic mass is 10.2. The number of rotatable bonds is 2. The number of benzene rings is 2. The van der Waals surface area contributed by atoms with E-state index >= 15 is 0 Å². The summed E-state index contributed by atoms with van der Waals surface area (Å²) >= 11 is 6.01. The van der Waals surface area contributed by atoms with Crippen molar-refractivity contribution >= 4 is 22.5 Å². The highest BCUT2D eigenvalue weighted by Gasteiger charge is 2.06. The molecule has 1 nitrogen and oxygen atoms in total. The number of hydrogen-bond acceptors (Lipinski definition) is 0. The first-order chi connectivity index (χ1) is 9.13. The standard InChI is InChI=1S/C16H13ClFN/c1-11-8-13-9-14(17)4-7-16(13)19(11)10-12-2-5-15(18)6-3-12/h2-9H,10H2,1H3. The molecule has 0 unspecified atom stereocenters. The SMILES string of the molecule is Cc1cc2cc(Cl)ccc2n1Cc1ccc(F)cc1. The van der Waals surface area contributed by atoms with Gasteiger partial charge in [0, 0.05) is 28.2 Å². The van der Waals surface area contributed by atoms with Crippen LogP contribution in [0.3, 0.4) is 0 Å². The molecule has 0 aliphatic heterocycles. The van der Waals surface area contributed by atoms with E-state index in [1.807, 2.05) is 30.3 Å². The summed E-state index contributed by atoms with van der Waals surface area (Å²) in [7, 11) is 0. The van der Waals surface area contributed by atoms with Crippen molar-refractivity contribution in [3.63, 3.8) is 0 Å². The van der Waals surface area contributed by atoms with Crippen LogP contribution in [0, 0.1) is 12.7 Å². The van der Waals surface area contributed by atoms with Crippen LogP contribution in [0.5, 0.6) is 0 Å². The molecule has 0 saturated heterocycles. The summed E-state index contributed by atoms with van der Waals surface area (Å²) in [5.74, 6) is -0.204. The van der Waals surface area contributed by atoms with Gasteiger partial charge in [0.1, 0.15) is 5.82 Å². The summed E-state index contributed by atoms with van der Waals surface area (Å²) in [6.07, 6.45) is 0. The molecular formula is C16H13ClFN. The molecule has 0 saturated carbocycles. The van der Waals surface area contributed by atoms with Crippen LogP contribution in [0.1, 0.15) is 11.3 Å². The molecule has 0 aliphatic carbocycles. The van der Waals surface area contributed by atoms with Gasteiger partial charge in [0.2, 0.25) is 0 Å². The second kappa shape index (κ2) is 4.71. The quantitative estimate of drug-likeness (QED) is 0.633. The maximum Gasteiger partial charge on any atom is 0.123 e. The Bertz CT molecular complexity index is 728. The van der Waals surface area contributed by atoms with Crippen molar-refractivity contribution in [2.24, 2.45) is 0 Å². The molecule has 0 atom stereocenters. The first-order valence-corrected chi connectivity index (χ1v) is 6.51. The van der Waals surface area contributed by atoms with E-state index in [2.05, 4.69) is 17.6 Å². The molecule has 3 rings (SSSR count). The van der Waals surface area contributed by atoms with Crippen LogP contribution in [-0.4, -0.2) is 4.57 Å². The lowest BCUT2D eigenvalue weighted by Crippen LogP contribution is -2.01. The molecule has 3 heteroatoms. The van der Waals surface area contributed by atoms with Gasteiger partial charge in [-0.1, -0.05) is 23.7 Å². The van der Waals surface area contributed by atoms with Crippen molar-refractivity contribution in [1.29, 1.82) is 0 Å². The highest BCUT2D eigenvalue weighted by Crippen LogP contribution is 2.24. The number of hydrogen-bond donors (Lipinski definition) is 0. The maximum absolute atomic E-state index is 12.9. The van der Waals surface area contributed by atoms with E-state index in [1.54, 1.807) is 0 Å². The lowest BCUT2D eigenvalue weighted by molar-refractivity contribution is 0.626. The second-order valence-corrected chi connectivity index (χ2v) is 5.14. The monoisotopic (exact) mass is 273 g/mol. The molecule has 0 N–H and O–H groups in total. The van der Waals surface area contributed by atoms with Gasteiger partial charge in [0.15, 0.2) is 0 Å². The van der Waals surface area contributed by atoms with Crippen LogP contribution in [-0.2, 0) is 6.54 Å². The van der Waals surface area contributed by atoms with Gasteiger partial charge in [-0.15, -0.1) is 0 Å². The molecule has 0 amide bonds. The zero-order valence-electron chi connectivity index (χ0n) is 10.5. The zero-order valence-corrected chi connectivity index (χ0v) is 11.3. The number of halogens is 2. The van der Waals surface area contributed by atoms with Gasteiger partial charge in [-0.3, -0.25) is 0 Å². The number of fused-ring (bicyclic) bond motifs is 1. The Labute approximate surface area is 116 Å². The maximum atomic E-state index is 12.9. The molecule has 0 aliphatic rings. The van der Waals surface area contributed by atoms with Crippen molar-refractivity contribution in [1.82, 2.24) is 4.57 Å². The van der Waals surface area contributed by atoms with Crippen molar-refractivity contribution in [2.75, 3.05) is 0 Å². The third-order valence-electron chi connectivity index (χ3n) is 3.32. The Hall–Kier alpha value is -1.80. The van der Waals surface area contributed by atoms with Gasteiger partial charge in [-0.2, -0.15) is 0 Å². The van der Waals surface area contributed by atoms with E-state index in [4.69, 9.17) is 11.6 Å². The van der Waals surface area contributed by atoms with Gasteiger partial charge >= 0.3 is 0 Å². The molecule has 0 spiro atoms. The minimum absolute atomic E-state index is 0.204. The number of aromatic nitrogens is 1. The Balaban J connectivity index is 2.05. The van der Waals surface area contributed by atoms with Crippen LogP contribution >= 0.6 is 11.6 Å². The van der Waals surface area contributed by atoms with Crippen molar-refractivity contribution in [2.45, 2.75) is 13.5 Å². The predicted octanol–water partition coefficient (Wildman–Crippen LogP) is 4.79. The van der Waals surface area contributed by atoms with Gasteiger partial charge in [-0.05, 0) is 48.9 Å². The third kappa shape index (κ3) is 2.36. The third-order valence-corrected chi connectivity index (χ3v) is 3.56. The molecule has 0 bridgehead atoms. The van der Waals surface area contributed by atoms with Gasteiger partial charge in [-0.25, -0.2) is 4.39 Å². The number of aryl methyl sites for hydroxylation is 1. The van der Waals surface area contributed by atoms with Crippen LogP contribution in [0.25, 0.3) is 10.9 Å². The van der Waals surface area contributed by atoms with Gasteiger partial charge in [0.25, 0.3) is 0 Å². The molecule has 0 radical (unpaired) electrons. The molecule has 0 fully saturated rings. The Morgan fingerprint density at radius 2 is 1.79 bits per heavy atom. The summed E-state index contributed by atoms with van der Waals surface area (Å²) in [6.45, 7) is 2.80. The van der Waals surface area contributed by atoms with E-state index in [9.17, 15) is 4.39 Å². The molecule has 3 aromatic rings. The van der Waals surface area contributed by atoms with Gasteiger partial charge in [0.05, 0.1) is 0 Å². The molecule has 96 valence electrons. The fraction of sp³-hybridized carbons (Fsp3) is 0.125. The molecule has 1 aromatic heterocycles. The smallest absolute Gasteiger partial charge is 0.123 e. The minimum atomic E-state index is -0.204. The molecule has 19 heavy (non-hydrogen) atoms. The fourth-order valence-corrected chi connectivity index (χ4v) is 2.54. The van der Waals surface area contributed by atoms with Crippen LogP contribution in [0.2, 0.25) is 5.02 Å². The lowest BCUT2D eigenvalue weighted by Gasteiger charge is -2.08. The van der Waals surface area contributed by atoms with Gasteiger partial charge < -0.3 is 4.57 Å². The van der Waals surface area contributed by atoms with E-state index in [1.165, 1.54) is 17.8 Å². The first kappa shape index (κ1) is 12.2. The Morgan fingerprint density at radius 3 is 2.53 bits per heavy atom. The van der Waals surface area contributed by atoms with E-state index in [-0.39, 0.29) is 5.82 Å². The minimum Gasteiger partial charge on any atom is -0.340 e. The average Bonchev–Trinajstić information content (AvgIpc) is 2.68. The number of nitrogens with zero attached hydrogens (tertiary/aromatic N) is 1. The summed E-state index contributed by atoms with van der Waals surface area (Å²) in [5.41, 5.74) is 3.39. The predicted molar refractivity (Wildman–Crippen MR) is 77.2 cm³/mol. The van der Waals surface area contributed by atoms with Crippen molar-refractivity contribution < 1.29 is 4.39 Å². The average molecular weight is 274 g/mol. The summed E-state index contributed by atoms with van der Waals surface area (Å²) in [6, 6.07) is 14.6. The van der Waals surface area contributed by atoms with Crippen molar-refractivity contribution in [3.8, 4) is 0 Å². The highest BCUT2D eigenvalue weighted by molar-refractivity contribution is 6.31. The zero-order chi connectivity index (χ0) is 13.4. The molecular weight excluding hydrogens is 261 g/mol. The van der Waals surface area contributed by atoms with E-state index < -0.39 is 0 Å². The summed E-state index contributed by atoms with van der Waals surface area (Å²) in [5, 5.41) is 1.87. The Kier molecular flexibility index (Phi) is 3.03. The largest absolute Gasteiger partial charge is 0.340 e. The van der Waals surface area contributed by atoms with E-state index in [0.717, 1.165) is 28.0 Å². The normalized spacial score (nSPS) is 11.1. The van der Waals surface area contributed by atoms with Crippen LogP contribution in [0.15, 0.2) is 48.5 Å². The highest BCUT2D eigenvalue weighted by atomic mass is 35.5. The Morgan fingerprint density at radius 1 is 1.05 bits per heavy atom. The van der Waals surface area contributed by atoms with Crippen LogP contribution in [0.4, 0.5) is 4.39 Å². The fourth-order valence-electron chi connectivity index (χ4n) is 2.36. The summed E-state index contributed by atoms with van der Waals surface area (Å²) in [4.78, 5) is 0.